The van der Waals surface area contributed by atoms with Gasteiger partial charge >= 0.3 is 0 Å². The molecule has 0 aliphatic heterocycles. The summed E-state index contributed by atoms with van der Waals surface area (Å²) in [7, 11) is 0. The van der Waals surface area contributed by atoms with Crippen LogP contribution in [-0.2, 0) is 52.1 Å². The molecule has 0 bridgehead atoms. The lowest BCUT2D eigenvalue weighted by molar-refractivity contribution is 0.226. The highest BCUT2D eigenvalue weighted by atomic mass is 15.3. The quantitative estimate of drug-likeness (QED) is 0.138. The van der Waals surface area contributed by atoms with Gasteiger partial charge in [-0.2, -0.15) is 0 Å². The summed E-state index contributed by atoms with van der Waals surface area (Å²) in [6.45, 7) is 40.7. The highest BCUT2D eigenvalue weighted by Gasteiger charge is 2.31. The van der Waals surface area contributed by atoms with E-state index in [1.54, 1.807) is 0 Å². The smallest absolute Gasteiger partial charge is 0.236 e. The van der Waals surface area contributed by atoms with Crippen molar-refractivity contribution in [3.05, 3.63) is 143 Å². The number of fused-ring (bicyclic) bond motifs is 3. The molecule has 0 aliphatic rings. The zero-order valence-corrected chi connectivity index (χ0v) is 46.6. The van der Waals surface area contributed by atoms with E-state index in [1.165, 1.54) is 0 Å². The molecule has 13 nitrogen and oxygen atoms in total. The minimum Gasteiger partial charge on any atom is -0.281 e. The van der Waals surface area contributed by atoms with Crippen LogP contribution in [0.25, 0.3) is 50.9 Å². The van der Waals surface area contributed by atoms with E-state index in [0.29, 0.717) is 37.5 Å². The molecule has 6 heterocycles. The van der Waals surface area contributed by atoms with Crippen molar-refractivity contribution in [2.75, 3.05) is 0 Å². The number of nitrogens with zero attached hydrogens (tertiary/aromatic N) is 13. The fourth-order valence-corrected chi connectivity index (χ4v) is 8.89. The maximum absolute atomic E-state index is 5.43. The summed E-state index contributed by atoms with van der Waals surface area (Å²) in [5, 5.41) is 0. The molecule has 0 atom stereocenters. The fourth-order valence-electron chi connectivity index (χ4n) is 8.89. The van der Waals surface area contributed by atoms with Gasteiger partial charge in [0.15, 0.2) is 0 Å². The van der Waals surface area contributed by atoms with E-state index in [1.807, 2.05) is 18.2 Å². The molecule has 0 spiro atoms. The van der Waals surface area contributed by atoms with Gasteiger partial charge in [-0.25, -0.2) is 44.9 Å². The average molecular weight is 978 g/mol. The number of benzene rings is 3. The Morgan fingerprint density at radius 3 is 0.712 bits per heavy atom. The van der Waals surface area contributed by atoms with Crippen molar-refractivity contribution in [3.63, 3.8) is 0 Å². The Balaban J connectivity index is 1.30. The molecule has 0 aliphatic carbocycles. The van der Waals surface area contributed by atoms with Crippen LogP contribution in [-0.4, -0.2) is 63.5 Å². The largest absolute Gasteiger partial charge is 0.281 e. The Kier molecular flexibility index (Phi) is 12.6. The molecule has 0 fully saturated rings. The first kappa shape index (κ1) is 51.2. The van der Waals surface area contributed by atoms with Crippen molar-refractivity contribution < 1.29 is 0 Å². The standard InChI is InChI=1S/C60H75N13/c1-55(2,3)43-31-44(56(4,5)6)65-52(64-43)71-40-28-22-19-25-37(40)61-49(71)34-70(35-50-62-38-26-20-23-29-41(38)72(50)53-66-45(57(7,8)9)32-46(67-53)58(10,11)12)36-51-63-39-27-21-24-30-42(39)73(51)54-68-47(59(13,14)15)33-48(69-54)60(16,17)18/h19-33H,34-36H2,1-18H3. The first-order valence-corrected chi connectivity index (χ1v) is 25.8. The molecule has 9 rings (SSSR count). The van der Waals surface area contributed by atoms with Gasteiger partial charge in [-0.3, -0.25) is 18.6 Å². The number of aromatic nitrogens is 12. The van der Waals surface area contributed by atoms with Crippen LogP contribution in [0.1, 0.15) is 176 Å². The predicted molar refractivity (Wildman–Crippen MR) is 295 cm³/mol. The number of rotatable bonds is 9. The monoisotopic (exact) mass is 978 g/mol. The Labute approximate surface area is 432 Å². The fraction of sp³-hybridized carbons (Fsp3) is 0.450. The van der Waals surface area contributed by atoms with Gasteiger partial charge in [0.2, 0.25) is 17.8 Å². The molecule has 6 aromatic heterocycles. The third kappa shape index (κ3) is 10.4. The topological polar surface area (TPSA) is 134 Å². The lowest BCUT2D eigenvalue weighted by atomic mass is 9.86. The molecule has 73 heavy (non-hydrogen) atoms. The van der Waals surface area contributed by atoms with Gasteiger partial charge in [-0.15, -0.1) is 0 Å². The Morgan fingerprint density at radius 1 is 0.301 bits per heavy atom. The van der Waals surface area contributed by atoms with E-state index in [2.05, 4.69) is 216 Å². The maximum atomic E-state index is 5.43. The van der Waals surface area contributed by atoms with E-state index >= 15 is 0 Å². The number of hydrogen-bond acceptors (Lipinski definition) is 10. The molecule has 0 saturated heterocycles. The maximum Gasteiger partial charge on any atom is 0.236 e. The Hall–Kier alpha value is -6.73. The third-order valence-corrected chi connectivity index (χ3v) is 13.3. The minimum atomic E-state index is -0.239. The summed E-state index contributed by atoms with van der Waals surface area (Å²) in [6.07, 6.45) is 0. The van der Waals surface area contributed by atoms with Crippen molar-refractivity contribution in [3.8, 4) is 17.8 Å². The number of para-hydroxylation sites is 6. The highest BCUT2D eigenvalue weighted by molar-refractivity contribution is 5.79. The van der Waals surface area contributed by atoms with E-state index < -0.39 is 0 Å². The summed E-state index contributed by atoms with van der Waals surface area (Å²) in [5.74, 6) is 4.09. The first-order valence-electron chi connectivity index (χ1n) is 25.8. The van der Waals surface area contributed by atoms with Gasteiger partial charge in [0.1, 0.15) is 17.5 Å². The average Bonchev–Trinajstić information content (AvgIpc) is 3.97. The zero-order valence-electron chi connectivity index (χ0n) is 46.6. The van der Waals surface area contributed by atoms with E-state index in [0.717, 1.165) is 84.7 Å². The van der Waals surface area contributed by atoms with Crippen LogP contribution < -0.4 is 0 Å². The van der Waals surface area contributed by atoms with Crippen LogP contribution in [0.15, 0.2) is 91.0 Å². The summed E-state index contributed by atoms with van der Waals surface area (Å²) in [5.41, 5.74) is 9.66. The predicted octanol–water partition coefficient (Wildman–Crippen LogP) is 13.1. The molecule has 0 unspecified atom stereocenters. The van der Waals surface area contributed by atoms with Gasteiger partial charge in [-0.05, 0) is 54.6 Å². The molecule has 0 radical (unpaired) electrons. The van der Waals surface area contributed by atoms with Crippen molar-refractivity contribution in [2.45, 2.75) is 177 Å². The molecule has 380 valence electrons. The molecule has 0 amide bonds. The van der Waals surface area contributed by atoms with Gasteiger partial charge in [0.25, 0.3) is 0 Å². The Morgan fingerprint density at radius 2 is 0.507 bits per heavy atom. The second-order valence-electron chi connectivity index (χ2n) is 26.0. The summed E-state index contributed by atoms with van der Waals surface area (Å²) in [4.78, 5) is 50.8. The Bertz CT molecular complexity index is 3040. The molecule has 9 aromatic rings. The van der Waals surface area contributed by atoms with Crippen molar-refractivity contribution >= 4 is 33.1 Å². The summed E-state index contributed by atoms with van der Waals surface area (Å²) >= 11 is 0. The lowest BCUT2D eigenvalue weighted by Gasteiger charge is -2.26. The summed E-state index contributed by atoms with van der Waals surface area (Å²) in [6, 6.07) is 31.3. The van der Waals surface area contributed by atoms with Crippen LogP contribution in [0.4, 0.5) is 0 Å². The third-order valence-electron chi connectivity index (χ3n) is 13.3. The van der Waals surface area contributed by atoms with E-state index in [9.17, 15) is 0 Å². The molecule has 13 heteroatoms. The lowest BCUT2D eigenvalue weighted by Crippen LogP contribution is -2.29. The van der Waals surface area contributed by atoms with Crippen molar-refractivity contribution in [2.24, 2.45) is 0 Å². The van der Waals surface area contributed by atoms with Gasteiger partial charge < -0.3 is 0 Å². The molecule has 0 saturated carbocycles. The van der Waals surface area contributed by atoms with Crippen molar-refractivity contribution in [1.82, 2.24) is 63.5 Å². The molecule has 0 N–H and O–H groups in total. The van der Waals surface area contributed by atoms with Crippen LogP contribution in [0.2, 0.25) is 0 Å². The van der Waals surface area contributed by atoms with E-state index in [-0.39, 0.29) is 32.5 Å². The number of hydrogen-bond donors (Lipinski definition) is 0. The van der Waals surface area contributed by atoms with Crippen LogP contribution in [0.5, 0.6) is 0 Å². The van der Waals surface area contributed by atoms with Crippen LogP contribution in [0.3, 0.4) is 0 Å². The molecular weight excluding hydrogens is 903 g/mol. The normalized spacial score (nSPS) is 13.4. The van der Waals surface area contributed by atoms with Crippen LogP contribution in [0, 0.1) is 0 Å². The summed E-state index contributed by atoms with van der Waals surface area (Å²) < 4.78 is 6.45. The zero-order chi connectivity index (χ0) is 52.8. The highest BCUT2D eigenvalue weighted by Crippen LogP contribution is 2.34. The van der Waals surface area contributed by atoms with E-state index in [4.69, 9.17) is 44.9 Å². The second-order valence-corrected chi connectivity index (χ2v) is 26.0. The number of imidazole rings is 3. The molecule has 3 aromatic carbocycles. The SMILES string of the molecule is CC(C)(C)c1cc(C(C)(C)C)nc(-n2c(CN(Cc3nc4ccccc4n3-c3nc(C(C)(C)C)cc(C(C)(C)C)n3)Cc3nc4ccccc4n3-c3nc(C(C)(C)C)cc(C(C)(C)C)n3)nc3ccccc32)n1. The first-order chi connectivity index (χ1) is 33.9. The van der Waals surface area contributed by atoms with Gasteiger partial charge in [-0.1, -0.05) is 161 Å². The van der Waals surface area contributed by atoms with Gasteiger partial charge in [0.05, 0.1) is 86.9 Å². The second kappa shape index (κ2) is 18.0. The van der Waals surface area contributed by atoms with Crippen LogP contribution >= 0.6 is 0 Å². The molecular formula is C60H75N13. The van der Waals surface area contributed by atoms with Crippen molar-refractivity contribution in [1.29, 1.82) is 0 Å². The van der Waals surface area contributed by atoms with Gasteiger partial charge in [0, 0.05) is 32.5 Å². The minimum absolute atomic E-state index is 0.239.